The van der Waals surface area contributed by atoms with Gasteiger partial charge in [0.2, 0.25) is 5.95 Å². The molecule has 0 aliphatic carbocycles. The number of benzene rings is 16. The highest BCUT2D eigenvalue weighted by molar-refractivity contribution is 6.15. The van der Waals surface area contributed by atoms with Crippen LogP contribution in [0, 0.1) is 0 Å². The molecule has 0 saturated heterocycles. The van der Waals surface area contributed by atoms with Crippen molar-refractivity contribution in [3.8, 4) is 67.9 Å². The maximum absolute atomic E-state index is 5.25. The molecule has 0 aliphatic rings. The molecule has 4 aromatic heterocycles. The normalized spacial score (nSPS) is 11.4. The molecule has 0 bridgehead atoms. The lowest BCUT2D eigenvalue weighted by atomic mass is 9.98. The van der Waals surface area contributed by atoms with Gasteiger partial charge in [-0.1, -0.05) is 279 Å². The molecule has 0 N–H and O–H groups in total. The largest absolute Gasteiger partial charge is 0.310 e. The zero-order valence-corrected chi connectivity index (χ0v) is 57.7. The average Bonchev–Trinajstić information content (AvgIpc) is 1.59. The van der Waals surface area contributed by atoms with Crippen molar-refractivity contribution in [1.29, 1.82) is 0 Å². The van der Waals surface area contributed by atoms with Crippen molar-refractivity contribution in [2.24, 2.45) is 0 Å². The molecule has 20 rings (SSSR count). The number of para-hydroxylation sites is 6. The predicted molar refractivity (Wildman–Crippen MR) is 442 cm³/mol. The first kappa shape index (κ1) is 62.6. The van der Waals surface area contributed by atoms with E-state index in [1.54, 1.807) is 0 Å². The summed E-state index contributed by atoms with van der Waals surface area (Å²) in [6.07, 6.45) is 0. The second-order valence-corrected chi connectivity index (χ2v) is 26.5. The second-order valence-electron chi connectivity index (χ2n) is 26.5. The van der Waals surface area contributed by atoms with Crippen molar-refractivity contribution >= 4 is 110 Å². The fourth-order valence-corrected chi connectivity index (χ4v) is 15.2. The monoisotopic (exact) mass is 1350 g/mol. The number of aromatic nitrogens is 6. The van der Waals surface area contributed by atoms with Gasteiger partial charge in [0.1, 0.15) is 5.82 Å². The SMILES string of the molecule is c1ccc(-c2cc(-c3ccccc3)nc(-n3c4ccccc4c4cc(-c5cccc(N(c6ccccc6)c6ccccc6)c5)ccc43)n2)cc1.c1ccc(-c2nc(-n3c4ccccc4c4cc(-c5ccc(N(c6ccccc6)c6cc7ccccc7c7ccccc67)cc5)ccc43)c3ccccc3n2)cc1. The van der Waals surface area contributed by atoms with E-state index in [0.29, 0.717) is 11.8 Å². The van der Waals surface area contributed by atoms with Crippen molar-refractivity contribution in [3.05, 3.63) is 400 Å². The second kappa shape index (κ2) is 27.2. The molecule has 0 saturated carbocycles. The number of fused-ring (bicyclic) bond motifs is 10. The Morgan fingerprint density at radius 1 is 0.208 bits per heavy atom. The third-order valence-corrected chi connectivity index (χ3v) is 20.2. The van der Waals surface area contributed by atoms with Gasteiger partial charge in [-0.25, -0.2) is 19.9 Å². The van der Waals surface area contributed by atoms with Crippen LogP contribution >= 0.6 is 0 Å². The molecule has 0 radical (unpaired) electrons. The van der Waals surface area contributed by atoms with Gasteiger partial charge in [-0.2, -0.15) is 0 Å². The molecular formula is C98H66N8. The summed E-state index contributed by atoms with van der Waals surface area (Å²) < 4.78 is 4.51. The first-order valence-electron chi connectivity index (χ1n) is 35.8. The number of nitrogens with zero attached hydrogens (tertiary/aromatic N) is 8. The molecule has 0 aliphatic heterocycles. The number of hydrogen-bond donors (Lipinski definition) is 0. The zero-order chi connectivity index (χ0) is 70.3. The smallest absolute Gasteiger partial charge is 0.235 e. The summed E-state index contributed by atoms with van der Waals surface area (Å²) in [7, 11) is 0. The quantitative estimate of drug-likeness (QED) is 0.107. The van der Waals surface area contributed by atoms with E-state index in [-0.39, 0.29) is 0 Å². The Hall–Kier alpha value is -14.3. The summed E-state index contributed by atoms with van der Waals surface area (Å²) in [5, 5.41) is 10.6. The molecule has 0 fully saturated rings. The standard InChI is InChI=1S/C52H34N4.C46H32N4/c1-3-15-36(16-4-1)51-53-47-25-13-11-24-45(47)52(54-51)56-48-26-14-12-23-44(48)46-33-37(29-32-49(46)56)35-27-30-40(31-28-35)55(39-18-5-2-6-19-39)50-34-38-17-7-8-20-41(38)42-21-9-10-22-43(42)50;1-5-16-33(17-6-1)42-32-43(34-18-7-2-8-19-34)48-46(47-42)50-44-27-14-13-26-40(44)41-31-36(28-29-45(41)50)35-20-15-25-39(30-35)49(37-21-9-3-10-22-37)38-23-11-4-12-24-38/h1-34H;1-32H. The van der Waals surface area contributed by atoms with Gasteiger partial charge in [0, 0.05) is 77.4 Å². The Balaban J connectivity index is 0.000000146. The number of hydrogen-bond acceptors (Lipinski definition) is 6. The van der Waals surface area contributed by atoms with Gasteiger partial charge in [-0.3, -0.25) is 9.13 Å². The Morgan fingerprint density at radius 3 is 1.21 bits per heavy atom. The highest BCUT2D eigenvalue weighted by Crippen LogP contribution is 2.45. The lowest BCUT2D eigenvalue weighted by molar-refractivity contribution is 0.995. The third kappa shape index (κ3) is 11.6. The molecule has 8 heteroatoms. The molecule has 8 nitrogen and oxygen atoms in total. The van der Waals surface area contributed by atoms with Gasteiger partial charge >= 0.3 is 0 Å². The molecule has 0 unspecified atom stereocenters. The Bertz CT molecular complexity index is 6530. The number of rotatable bonds is 13. The van der Waals surface area contributed by atoms with Crippen LogP contribution in [0.3, 0.4) is 0 Å². The van der Waals surface area contributed by atoms with Gasteiger partial charge in [-0.05, 0) is 160 Å². The van der Waals surface area contributed by atoms with Crippen LogP contribution in [0.2, 0.25) is 0 Å². The van der Waals surface area contributed by atoms with E-state index in [2.05, 4.69) is 383 Å². The van der Waals surface area contributed by atoms with Gasteiger partial charge < -0.3 is 9.80 Å². The van der Waals surface area contributed by atoms with E-state index in [4.69, 9.17) is 19.9 Å². The molecule has 4 heterocycles. The van der Waals surface area contributed by atoms with Crippen LogP contribution in [0.15, 0.2) is 400 Å². The minimum atomic E-state index is 0.646. The van der Waals surface area contributed by atoms with E-state index in [1.165, 1.54) is 32.3 Å². The van der Waals surface area contributed by atoms with Gasteiger partial charge in [-0.15, -0.1) is 0 Å². The van der Waals surface area contributed by atoms with Crippen molar-refractivity contribution in [1.82, 2.24) is 29.1 Å². The molecule has 16 aromatic carbocycles. The first-order chi connectivity index (χ1) is 52.6. The topological polar surface area (TPSA) is 67.9 Å². The Morgan fingerprint density at radius 2 is 0.613 bits per heavy atom. The van der Waals surface area contributed by atoms with E-state index in [1.807, 2.05) is 36.4 Å². The highest BCUT2D eigenvalue weighted by Gasteiger charge is 2.23. The molecule has 0 amide bonds. The Kier molecular flexibility index (Phi) is 16.1. The van der Waals surface area contributed by atoms with E-state index >= 15 is 0 Å². The summed E-state index contributed by atoms with van der Waals surface area (Å²) in [6, 6.07) is 141. The van der Waals surface area contributed by atoms with E-state index in [0.717, 1.165) is 134 Å². The number of anilines is 6. The summed E-state index contributed by atoms with van der Waals surface area (Å²) in [5.74, 6) is 2.23. The lowest BCUT2D eigenvalue weighted by Gasteiger charge is -2.27. The zero-order valence-electron chi connectivity index (χ0n) is 57.7. The highest BCUT2D eigenvalue weighted by atomic mass is 15.2. The summed E-state index contributed by atoms with van der Waals surface area (Å²) in [6.45, 7) is 0. The third-order valence-electron chi connectivity index (χ3n) is 20.2. The van der Waals surface area contributed by atoms with Crippen LogP contribution in [-0.4, -0.2) is 29.1 Å². The minimum absolute atomic E-state index is 0.646. The summed E-state index contributed by atoms with van der Waals surface area (Å²) in [4.78, 5) is 25.3. The van der Waals surface area contributed by atoms with Crippen molar-refractivity contribution in [2.75, 3.05) is 9.80 Å². The molecular weight excluding hydrogens is 1290 g/mol. The van der Waals surface area contributed by atoms with Gasteiger partial charge in [0.05, 0.1) is 44.7 Å². The minimum Gasteiger partial charge on any atom is -0.310 e. The summed E-state index contributed by atoms with van der Waals surface area (Å²) in [5.41, 5.74) is 21.4. The molecule has 0 spiro atoms. The van der Waals surface area contributed by atoms with Crippen LogP contribution < -0.4 is 9.80 Å². The first-order valence-corrected chi connectivity index (χ1v) is 35.8. The van der Waals surface area contributed by atoms with Crippen LogP contribution in [0.4, 0.5) is 34.1 Å². The van der Waals surface area contributed by atoms with Crippen molar-refractivity contribution < 1.29 is 0 Å². The van der Waals surface area contributed by atoms with Gasteiger partial charge in [0.15, 0.2) is 5.82 Å². The van der Waals surface area contributed by atoms with Gasteiger partial charge in [0.25, 0.3) is 0 Å². The lowest BCUT2D eigenvalue weighted by Crippen LogP contribution is -2.10. The van der Waals surface area contributed by atoms with Crippen LogP contribution in [0.25, 0.3) is 144 Å². The average molecular weight is 1360 g/mol. The van der Waals surface area contributed by atoms with E-state index in [9.17, 15) is 0 Å². The maximum atomic E-state index is 5.25. The Labute approximate surface area is 613 Å². The van der Waals surface area contributed by atoms with Crippen LogP contribution in [0.5, 0.6) is 0 Å². The van der Waals surface area contributed by atoms with Crippen LogP contribution in [0.1, 0.15) is 0 Å². The fourth-order valence-electron chi connectivity index (χ4n) is 15.2. The molecule has 498 valence electrons. The molecule has 0 atom stereocenters. The van der Waals surface area contributed by atoms with E-state index < -0.39 is 0 Å². The van der Waals surface area contributed by atoms with Crippen molar-refractivity contribution in [3.63, 3.8) is 0 Å². The maximum Gasteiger partial charge on any atom is 0.235 e. The summed E-state index contributed by atoms with van der Waals surface area (Å²) >= 11 is 0. The van der Waals surface area contributed by atoms with Crippen molar-refractivity contribution in [2.45, 2.75) is 0 Å². The molecule has 20 aromatic rings. The van der Waals surface area contributed by atoms with Crippen LogP contribution in [-0.2, 0) is 0 Å². The predicted octanol–water partition coefficient (Wildman–Crippen LogP) is 25.9. The molecule has 106 heavy (non-hydrogen) atoms. The fraction of sp³-hybridized carbons (Fsp3) is 0.